The smallest absolute Gasteiger partial charge is 0.354 e. The van der Waals surface area contributed by atoms with E-state index >= 15 is 0 Å². The fourth-order valence-corrected chi connectivity index (χ4v) is 1.74. The molecule has 5 heteroatoms. The fraction of sp³-hybridized carbons (Fsp3) is 0.500. The maximum Gasteiger partial charge on any atom is 0.354 e. The minimum absolute atomic E-state index is 0.0687. The van der Waals surface area contributed by atoms with Gasteiger partial charge in [0.1, 0.15) is 5.82 Å². The molecule has 1 fully saturated rings. The van der Waals surface area contributed by atoms with Crippen molar-refractivity contribution in [3.05, 3.63) is 23.8 Å². The zero-order valence-corrected chi connectivity index (χ0v) is 8.39. The summed E-state index contributed by atoms with van der Waals surface area (Å²) in [6.07, 6.45) is 3.92. The largest absolute Gasteiger partial charge is 0.477 e. The first-order valence-electron chi connectivity index (χ1n) is 5.03. The number of nitrogens with zero attached hydrogens (tertiary/aromatic N) is 3. The van der Waals surface area contributed by atoms with Gasteiger partial charge >= 0.3 is 5.97 Å². The number of carbonyl (C=O) groups is 1. The molecule has 1 saturated heterocycles. The van der Waals surface area contributed by atoms with E-state index in [4.69, 9.17) is 5.11 Å². The Kier molecular flexibility index (Phi) is 2.91. The van der Waals surface area contributed by atoms with Crippen LogP contribution in [0.5, 0.6) is 0 Å². The lowest BCUT2D eigenvalue weighted by Crippen LogP contribution is -2.20. The highest BCUT2D eigenvalue weighted by Gasteiger charge is 2.14. The van der Waals surface area contributed by atoms with Gasteiger partial charge in [0.2, 0.25) is 0 Å². The Morgan fingerprint density at radius 3 is 2.87 bits per heavy atom. The molecule has 1 N–H and O–H groups in total. The molecule has 0 bridgehead atoms. The number of likely N-dealkylation sites (tertiary alicyclic amines) is 1. The van der Waals surface area contributed by atoms with E-state index in [1.165, 1.54) is 25.1 Å². The van der Waals surface area contributed by atoms with Crippen molar-refractivity contribution in [1.82, 2.24) is 14.9 Å². The van der Waals surface area contributed by atoms with Gasteiger partial charge in [-0.1, -0.05) is 0 Å². The predicted octanol–water partition coefficient (Wildman–Crippen LogP) is 0.771. The molecular weight excluding hydrogens is 194 g/mol. The van der Waals surface area contributed by atoms with Gasteiger partial charge in [0.05, 0.1) is 6.54 Å². The first-order chi connectivity index (χ1) is 7.25. The van der Waals surface area contributed by atoms with Crippen molar-refractivity contribution in [3.8, 4) is 0 Å². The van der Waals surface area contributed by atoms with E-state index in [0.29, 0.717) is 12.4 Å². The van der Waals surface area contributed by atoms with Crippen LogP contribution in [-0.2, 0) is 6.54 Å². The molecule has 5 nitrogen and oxygen atoms in total. The fourth-order valence-electron chi connectivity index (χ4n) is 1.74. The van der Waals surface area contributed by atoms with E-state index in [1.807, 2.05) is 0 Å². The molecule has 1 aliphatic heterocycles. The molecule has 1 aliphatic rings. The zero-order chi connectivity index (χ0) is 10.7. The molecule has 0 spiro atoms. The van der Waals surface area contributed by atoms with Crippen LogP contribution < -0.4 is 0 Å². The molecule has 0 unspecified atom stereocenters. The Hall–Kier alpha value is -1.49. The van der Waals surface area contributed by atoms with E-state index in [-0.39, 0.29) is 5.69 Å². The summed E-state index contributed by atoms with van der Waals surface area (Å²) in [7, 11) is 0. The van der Waals surface area contributed by atoms with Crippen LogP contribution in [0.2, 0.25) is 0 Å². The Morgan fingerprint density at radius 1 is 1.47 bits per heavy atom. The third kappa shape index (κ3) is 2.50. The molecule has 2 heterocycles. The van der Waals surface area contributed by atoms with Gasteiger partial charge in [-0.05, 0) is 32.0 Å². The van der Waals surface area contributed by atoms with Crippen LogP contribution in [-0.4, -0.2) is 39.0 Å². The third-order valence-corrected chi connectivity index (χ3v) is 2.49. The number of aromatic nitrogens is 2. The van der Waals surface area contributed by atoms with Crippen LogP contribution in [0.1, 0.15) is 29.2 Å². The van der Waals surface area contributed by atoms with Crippen molar-refractivity contribution < 1.29 is 9.90 Å². The number of carboxylic acids is 1. The Balaban J connectivity index is 2.07. The second-order valence-corrected chi connectivity index (χ2v) is 3.65. The normalized spacial score (nSPS) is 16.8. The molecule has 1 aromatic rings. The van der Waals surface area contributed by atoms with Crippen molar-refractivity contribution in [1.29, 1.82) is 0 Å². The van der Waals surface area contributed by atoms with Gasteiger partial charge in [-0.2, -0.15) is 0 Å². The standard InChI is InChI=1S/C10H13N3O2/c14-10(15)8-3-4-11-9(12-8)7-13-5-1-2-6-13/h3-4H,1-2,5-7H2,(H,14,15). The van der Waals surface area contributed by atoms with Gasteiger partial charge < -0.3 is 5.11 Å². The number of carboxylic acid groups (broad SMARTS) is 1. The quantitative estimate of drug-likeness (QED) is 0.793. The number of hydrogen-bond donors (Lipinski definition) is 1. The summed E-state index contributed by atoms with van der Waals surface area (Å²) in [6.45, 7) is 2.77. The highest BCUT2D eigenvalue weighted by molar-refractivity contribution is 5.85. The van der Waals surface area contributed by atoms with E-state index in [1.54, 1.807) is 0 Å². The van der Waals surface area contributed by atoms with Crippen molar-refractivity contribution in [2.45, 2.75) is 19.4 Å². The number of rotatable bonds is 3. The van der Waals surface area contributed by atoms with Gasteiger partial charge in [-0.15, -0.1) is 0 Å². The molecule has 15 heavy (non-hydrogen) atoms. The topological polar surface area (TPSA) is 66.3 Å². The first-order valence-corrected chi connectivity index (χ1v) is 5.03. The summed E-state index contributed by atoms with van der Waals surface area (Å²) >= 11 is 0. The van der Waals surface area contributed by atoms with Gasteiger partial charge in [0, 0.05) is 6.20 Å². The van der Waals surface area contributed by atoms with Crippen LogP contribution in [0.25, 0.3) is 0 Å². The van der Waals surface area contributed by atoms with Crippen molar-refractivity contribution in [2.24, 2.45) is 0 Å². The summed E-state index contributed by atoms with van der Waals surface area (Å²) in [5.74, 6) is -0.406. The summed E-state index contributed by atoms with van der Waals surface area (Å²) in [4.78, 5) is 21.0. The molecule has 0 saturated carbocycles. The lowest BCUT2D eigenvalue weighted by molar-refractivity contribution is 0.0689. The Labute approximate surface area is 87.8 Å². The van der Waals surface area contributed by atoms with Gasteiger partial charge in [0.15, 0.2) is 5.69 Å². The highest BCUT2D eigenvalue weighted by atomic mass is 16.4. The van der Waals surface area contributed by atoms with E-state index in [9.17, 15) is 4.79 Å². The van der Waals surface area contributed by atoms with E-state index < -0.39 is 5.97 Å². The van der Waals surface area contributed by atoms with Crippen LogP contribution in [0.15, 0.2) is 12.3 Å². The minimum Gasteiger partial charge on any atom is -0.477 e. The Morgan fingerprint density at radius 2 is 2.20 bits per heavy atom. The number of hydrogen-bond acceptors (Lipinski definition) is 4. The summed E-state index contributed by atoms with van der Waals surface area (Å²) in [5.41, 5.74) is 0.0687. The SMILES string of the molecule is O=C(O)c1ccnc(CN2CCCC2)n1. The van der Waals surface area contributed by atoms with Gasteiger partial charge in [-0.25, -0.2) is 14.8 Å². The van der Waals surface area contributed by atoms with Crippen molar-refractivity contribution >= 4 is 5.97 Å². The molecule has 0 amide bonds. The molecule has 0 radical (unpaired) electrons. The highest BCUT2D eigenvalue weighted by Crippen LogP contribution is 2.10. The number of aromatic carboxylic acids is 1. The van der Waals surface area contributed by atoms with Crippen LogP contribution in [0, 0.1) is 0 Å². The van der Waals surface area contributed by atoms with Crippen LogP contribution in [0.3, 0.4) is 0 Å². The maximum absolute atomic E-state index is 10.7. The van der Waals surface area contributed by atoms with Gasteiger partial charge in [0.25, 0.3) is 0 Å². The average molecular weight is 207 g/mol. The molecule has 0 aliphatic carbocycles. The molecule has 0 aromatic carbocycles. The molecular formula is C10H13N3O2. The third-order valence-electron chi connectivity index (χ3n) is 2.49. The average Bonchev–Trinajstić information content (AvgIpc) is 2.71. The first kappa shape index (κ1) is 10.0. The summed E-state index contributed by atoms with van der Waals surface area (Å²) in [5, 5.41) is 8.77. The van der Waals surface area contributed by atoms with E-state index in [0.717, 1.165) is 13.1 Å². The second-order valence-electron chi connectivity index (χ2n) is 3.65. The van der Waals surface area contributed by atoms with Crippen molar-refractivity contribution in [3.63, 3.8) is 0 Å². The van der Waals surface area contributed by atoms with Gasteiger partial charge in [-0.3, -0.25) is 4.90 Å². The molecule has 0 atom stereocenters. The lowest BCUT2D eigenvalue weighted by atomic mass is 10.4. The monoisotopic (exact) mass is 207 g/mol. The molecule has 1 aromatic heterocycles. The lowest BCUT2D eigenvalue weighted by Gasteiger charge is -2.12. The van der Waals surface area contributed by atoms with E-state index in [2.05, 4.69) is 14.9 Å². The van der Waals surface area contributed by atoms with Crippen LogP contribution in [0.4, 0.5) is 0 Å². The molecule has 80 valence electrons. The zero-order valence-electron chi connectivity index (χ0n) is 8.39. The van der Waals surface area contributed by atoms with Crippen molar-refractivity contribution in [2.75, 3.05) is 13.1 Å². The summed E-state index contributed by atoms with van der Waals surface area (Å²) < 4.78 is 0. The maximum atomic E-state index is 10.7. The predicted molar refractivity (Wildman–Crippen MR) is 53.5 cm³/mol. The second kappa shape index (κ2) is 4.35. The minimum atomic E-state index is -1.000. The summed E-state index contributed by atoms with van der Waals surface area (Å²) in [6, 6.07) is 1.41. The van der Waals surface area contributed by atoms with Crippen LogP contribution >= 0.6 is 0 Å². The molecule has 2 rings (SSSR count). The Bertz CT molecular complexity index is 361.